The number of carbonyl (C=O) groups excluding carboxylic acids is 6. The highest BCUT2D eigenvalue weighted by molar-refractivity contribution is 7.19. The molecule has 0 spiro atoms. The Morgan fingerprint density at radius 2 is 0.846 bits per heavy atom. The number of hydrogen-bond donors (Lipinski definition) is 2. The summed E-state index contributed by atoms with van der Waals surface area (Å²) in [6.07, 6.45) is 0. The van der Waals surface area contributed by atoms with Crippen molar-refractivity contribution in [2.75, 3.05) is 51.0 Å². The van der Waals surface area contributed by atoms with E-state index in [1.807, 2.05) is 0 Å². The summed E-state index contributed by atoms with van der Waals surface area (Å²) in [5, 5.41) is 0.197. The highest BCUT2D eigenvalue weighted by Gasteiger charge is 2.84. The van der Waals surface area contributed by atoms with Crippen LogP contribution in [0.2, 0.25) is 0 Å². The van der Waals surface area contributed by atoms with Crippen molar-refractivity contribution >= 4 is 68.2 Å². The fourth-order valence-corrected chi connectivity index (χ4v) is 6.97. The number of nitrogens with one attached hydrogen (secondary N) is 2. The topological polar surface area (TPSA) is 151 Å². The molecule has 4 amide bonds. The highest BCUT2D eigenvalue weighted by atomic mass is 32.1. The Bertz CT molecular complexity index is 1610. The molecule has 0 unspecified atom stereocenters. The molecule has 0 atom stereocenters. The van der Waals surface area contributed by atoms with Crippen LogP contribution in [-0.4, -0.2) is 109 Å². The van der Waals surface area contributed by atoms with Crippen LogP contribution in [0.15, 0.2) is 0 Å². The lowest BCUT2D eigenvalue weighted by molar-refractivity contribution is -0.345. The molecule has 290 valence electrons. The van der Waals surface area contributed by atoms with Gasteiger partial charge < -0.3 is 29.9 Å². The van der Waals surface area contributed by atoms with Crippen molar-refractivity contribution in [1.29, 1.82) is 0 Å². The number of nitrogens with zero attached hydrogens (tertiary/aromatic N) is 2. The van der Waals surface area contributed by atoms with Crippen LogP contribution in [0, 0.1) is 13.8 Å². The number of hydrogen-bond acceptors (Lipinski definition) is 10. The third-order valence-corrected chi connectivity index (χ3v) is 10.2. The van der Waals surface area contributed by atoms with Gasteiger partial charge in [0.1, 0.15) is 10.0 Å². The maximum Gasteiger partial charge on any atom is 0.393 e. The van der Waals surface area contributed by atoms with E-state index in [0.717, 1.165) is 38.7 Å². The zero-order chi connectivity index (χ0) is 40.3. The first-order valence-corrected chi connectivity index (χ1v) is 16.7. The number of amides is 4. The molecule has 22 heteroatoms. The lowest BCUT2D eigenvalue weighted by Crippen LogP contribution is -2.67. The van der Waals surface area contributed by atoms with Crippen LogP contribution in [-0.2, 0) is 19.1 Å². The second kappa shape index (κ2) is 16.1. The van der Waals surface area contributed by atoms with Gasteiger partial charge in [0.15, 0.2) is 0 Å². The van der Waals surface area contributed by atoms with E-state index in [9.17, 15) is 46.3 Å². The minimum Gasteiger partial charge on any atom is -0.465 e. The molecule has 2 heterocycles. The normalized spacial score (nSPS) is 12.2. The molecule has 0 aliphatic rings. The molecule has 0 aliphatic carbocycles. The Morgan fingerprint density at radius 1 is 0.577 bits per heavy atom. The van der Waals surface area contributed by atoms with Gasteiger partial charge in [-0.3, -0.25) is 19.2 Å². The molecular formula is C30H34F8N4O8S2. The fraction of sp³-hybridized carbons (Fsp3) is 0.533. The molecule has 2 rings (SSSR count). The molecule has 52 heavy (non-hydrogen) atoms. The van der Waals surface area contributed by atoms with Crippen LogP contribution in [0.1, 0.15) is 78.9 Å². The zero-order valence-electron chi connectivity index (χ0n) is 28.8. The molecule has 2 aromatic rings. The molecule has 0 radical (unpaired) electrons. The molecule has 2 aromatic heterocycles. The van der Waals surface area contributed by atoms with Crippen molar-refractivity contribution in [2.24, 2.45) is 0 Å². The van der Waals surface area contributed by atoms with Gasteiger partial charge in [0.25, 0.3) is 11.8 Å². The Labute approximate surface area is 299 Å². The predicted molar refractivity (Wildman–Crippen MR) is 172 cm³/mol. The van der Waals surface area contributed by atoms with Crippen molar-refractivity contribution in [2.45, 2.75) is 65.2 Å². The summed E-state index contributed by atoms with van der Waals surface area (Å²) in [5.41, 5.74) is -2.13. The first-order valence-electron chi connectivity index (χ1n) is 15.1. The molecule has 0 bridgehead atoms. The Balaban J connectivity index is 2.58. The molecule has 2 N–H and O–H groups in total. The number of carbonyl (C=O) groups is 6. The van der Waals surface area contributed by atoms with E-state index in [0.29, 0.717) is 0 Å². The summed E-state index contributed by atoms with van der Waals surface area (Å²) in [6.45, 7) is 8.86. The van der Waals surface area contributed by atoms with Crippen LogP contribution in [0.5, 0.6) is 0 Å². The van der Waals surface area contributed by atoms with Crippen molar-refractivity contribution < 1.29 is 73.4 Å². The lowest BCUT2D eigenvalue weighted by atomic mass is 9.97. The standard InChI is InChI=1S/C30H34F8N4O8S2/c1-9-41(10-2)21(43)17-13(5)15(23(45)49-7)19(51-17)39-25(47)27(31,32)29(35,36)30(37,38)28(33,34)26(48)40-20-16(24(46)50-8)14(6)18(52-20)22(44)42(11-3)12-4/h9-12H2,1-8H3,(H,39,47)(H,40,48). The van der Waals surface area contributed by atoms with Gasteiger partial charge in [0, 0.05) is 26.2 Å². The molecule has 0 aromatic carbocycles. The van der Waals surface area contributed by atoms with Gasteiger partial charge >= 0.3 is 47.4 Å². The van der Waals surface area contributed by atoms with Crippen LogP contribution < -0.4 is 10.6 Å². The first kappa shape index (κ1) is 43.8. The van der Waals surface area contributed by atoms with Crippen molar-refractivity contribution in [1.82, 2.24) is 9.80 Å². The number of esters is 2. The molecule has 0 fully saturated rings. The van der Waals surface area contributed by atoms with Crippen molar-refractivity contribution in [3.8, 4) is 0 Å². The summed E-state index contributed by atoms with van der Waals surface area (Å²) in [7, 11) is 1.59. The number of thiophene rings is 2. The van der Waals surface area contributed by atoms with Gasteiger partial charge in [-0.2, -0.15) is 35.1 Å². The van der Waals surface area contributed by atoms with E-state index < -0.39 is 80.4 Å². The number of anilines is 2. The summed E-state index contributed by atoms with van der Waals surface area (Å²) in [6, 6.07) is 0. The fourth-order valence-electron chi connectivity index (χ4n) is 4.66. The Kier molecular flexibility index (Phi) is 13.6. The summed E-state index contributed by atoms with van der Waals surface area (Å²) in [5.74, 6) is -39.1. The molecular weight excluding hydrogens is 760 g/mol. The first-order chi connectivity index (χ1) is 23.9. The van der Waals surface area contributed by atoms with Crippen LogP contribution in [0.25, 0.3) is 0 Å². The number of ether oxygens (including phenoxy) is 2. The minimum atomic E-state index is -7.33. The number of rotatable bonds is 15. The lowest BCUT2D eigenvalue weighted by Gasteiger charge is -2.35. The summed E-state index contributed by atoms with van der Waals surface area (Å²) >= 11 is 0.241. The van der Waals surface area contributed by atoms with Crippen LogP contribution in [0.4, 0.5) is 45.1 Å². The summed E-state index contributed by atoms with van der Waals surface area (Å²) in [4.78, 5) is 77.4. The smallest absolute Gasteiger partial charge is 0.393 e. The van der Waals surface area contributed by atoms with Crippen LogP contribution in [0.3, 0.4) is 0 Å². The molecule has 0 saturated heterocycles. The van der Waals surface area contributed by atoms with E-state index in [4.69, 9.17) is 0 Å². The third kappa shape index (κ3) is 7.44. The zero-order valence-corrected chi connectivity index (χ0v) is 30.5. The molecule has 12 nitrogen and oxygen atoms in total. The molecule has 0 aliphatic heterocycles. The van der Waals surface area contributed by atoms with Gasteiger partial charge in [-0.1, -0.05) is 0 Å². The number of halogens is 8. The second-order valence-corrected chi connectivity index (χ2v) is 12.7. The van der Waals surface area contributed by atoms with E-state index in [1.165, 1.54) is 9.80 Å². The molecule has 0 saturated carbocycles. The Hall–Kier alpha value is -4.34. The van der Waals surface area contributed by atoms with Gasteiger partial charge in [0.2, 0.25) is 0 Å². The quantitative estimate of drug-likeness (QED) is 0.163. The monoisotopic (exact) mass is 794 g/mol. The van der Waals surface area contributed by atoms with E-state index in [-0.39, 0.29) is 69.7 Å². The largest absolute Gasteiger partial charge is 0.465 e. The maximum atomic E-state index is 15.0. The number of methoxy groups -OCH3 is 2. The van der Waals surface area contributed by atoms with Gasteiger partial charge in [-0.05, 0) is 52.7 Å². The van der Waals surface area contributed by atoms with Gasteiger partial charge in [-0.25, -0.2) is 9.59 Å². The number of alkyl halides is 8. The highest BCUT2D eigenvalue weighted by Crippen LogP contribution is 2.53. The van der Waals surface area contributed by atoms with Crippen molar-refractivity contribution in [3.63, 3.8) is 0 Å². The van der Waals surface area contributed by atoms with E-state index >= 15 is 17.6 Å². The second-order valence-electron chi connectivity index (χ2n) is 10.7. The SMILES string of the molecule is CCN(CC)C(=O)c1sc(NC(=O)C(F)(F)C(F)(F)C(F)(F)C(F)(F)C(=O)Nc2sc(C(=O)N(CC)CC)c(C)c2C(=O)OC)c(C(=O)OC)c1C. The average molecular weight is 795 g/mol. The third-order valence-electron chi connectivity index (χ3n) is 7.77. The summed E-state index contributed by atoms with van der Waals surface area (Å²) < 4.78 is 129. The van der Waals surface area contributed by atoms with Crippen LogP contribution >= 0.6 is 22.7 Å². The maximum absolute atomic E-state index is 15.0. The van der Waals surface area contributed by atoms with Crippen molar-refractivity contribution in [3.05, 3.63) is 32.0 Å². The van der Waals surface area contributed by atoms with Gasteiger partial charge in [-0.15, -0.1) is 22.7 Å². The van der Waals surface area contributed by atoms with Gasteiger partial charge in [0.05, 0.1) is 35.1 Å². The predicted octanol–water partition coefficient (Wildman–Crippen LogP) is 6.08. The average Bonchev–Trinajstić information content (AvgIpc) is 3.59. The van der Waals surface area contributed by atoms with E-state index in [1.54, 1.807) is 27.7 Å². The Morgan fingerprint density at radius 3 is 1.08 bits per heavy atom. The van der Waals surface area contributed by atoms with E-state index in [2.05, 4.69) is 9.47 Å². The minimum absolute atomic E-state index is 0.106.